The van der Waals surface area contributed by atoms with E-state index >= 15 is 0 Å². The summed E-state index contributed by atoms with van der Waals surface area (Å²) in [7, 11) is -0.253. The van der Waals surface area contributed by atoms with E-state index in [9.17, 15) is 9.36 Å². The molecule has 2 aromatic carbocycles. The smallest absolute Gasteiger partial charge is 0.269 e. The summed E-state index contributed by atoms with van der Waals surface area (Å²) in [5.74, 6) is -0.192. The first-order valence-electron chi connectivity index (χ1n) is 8.16. The number of unbranched alkanes of at least 4 members (excludes halogenated alkanes) is 1. The molecule has 0 saturated heterocycles. The molecule has 0 bridgehead atoms. The standard InChI is InChI=1S/C20H22NO2P/c1-3-4-15-21(24-23)20(22)16(2)19(17-11-7-5-8-12-17)18-13-9-6-10-14-18/h5-14H,3-4,15H2,1-2H3. The third-order valence-corrected chi connectivity index (χ3v) is 4.46. The lowest BCUT2D eigenvalue weighted by molar-refractivity contribution is -0.122. The molecule has 0 saturated carbocycles. The number of hydrogen-bond donors (Lipinski definition) is 0. The number of carbonyl (C=O) groups is 1. The maximum atomic E-state index is 12.8. The van der Waals surface area contributed by atoms with Crippen LogP contribution in [0.4, 0.5) is 0 Å². The minimum atomic E-state index is -0.253. The lowest BCUT2D eigenvalue weighted by Crippen LogP contribution is -2.24. The van der Waals surface area contributed by atoms with Gasteiger partial charge in [0.15, 0.2) is 0 Å². The fourth-order valence-electron chi connectivity index (χ4n) is 2.60. The van der Waals surface area contributed by atoms with Gasteiger partial charge in [-0.05, 0) is 30.0 Å². The van der Waals surface area contributed by atoms with Gasteiger partial charge < -0.3 is 0 Å². The van der Waals surface area contributed by atoms with Crippen LogP contribution in [0.1, 0.15) is 37.8 Å². The Labute approximate surface area is 145 Å². The van der Waals surface area contributed by atoms with Gasteiger partial charge in [-0.1, -0.05) is 74.0 Å². The molecule has 124 valence electrons. The minimum absolute atomic E-state index is 0.192. The summed E-state index contributed by atoms with van der Waals surface area (Å²) >= 11 is 0. The van der Waals surface area contributed by atoms with Crippen molar-refractivity contribution in [2.45, 2.75) is 26.7 Å². The van der Waals surface area contributed by atoms with Gasteiger partial charge in [0.1, 0.15) is 0 Å². The lowest BCUT2D eigenvalue weighted by atomic mass is 9.93. The highest BCUT2D eigenvalue weighted by Gasteiger charge is 2.20. The minimum Gasteiger partial charge on any atom is -0.269 e. The normalized spacial score (nSPS) is 10.4. The van der Waals surface area contributed by atoms with Crippen LogP contribution in [0.25, 0.3) is 5.57 Å². The third kappa shape index (κ3) is 4.39. The molecule has 2 rings (SSSR count). The van der Waals surface area contributed by atoms with Crippen molar-refractivity contribution < 1.29 is 9.36 Å². The molecule has 2 aromatic rings. The molecule has 24 heavy (non-hydrogen) atoms. The van der Waals surface area contributed by atoms with E-state index in [4.69, 9.17) is 0 Å². The van der Waals surface area contributed by atoms with Crippen LogP contribution in [0.15, 0.2) is 66.2 Å². The zero-order valence-corrected chi connectivity index (χ0v) is 15.0. The van der Waals surface area contributed by atoms with Crippen molar-refractivity contribution >= 4 is 20.1 Å². The predicted octanol–water partition coefficient (Wildman–Crippen LogP) is 5.34. The second kappa shape index (κ2) is 9.14. The lowest BCUT2D eigenvalue weighted by Gasteiger charge is -2.18. The Morgan fingerprint density at radius 1 is 0.958 bits per heavy atom. The van der Waals surface area contributed by atoms with Crippen LogP contribution in [0.5, 0.6) is 0 Å². The van der Waals surface area contributed by atoms with Crippen LogP contribution >= 0.6 is 8.61 Å². The van der Waals surface area contributed by atoms with Gasteiger partial charge in [-0.25, -0.2) is 4.57 Å². The van der Waals surface area contributed by atoms with Gasteiger partial charge in [0, 0.05) is 12.1 Å². The summed E-state index contributed by atoms with van der Waals surface area (Å²) in [4.78, 5) is 12.8. The maximum Gasteiger partial charge on any atom is 0.284 e. The highest BCUT2D eigenvalue weighted by molar-refractivity contribution is 7.21. The van der Waals surface area contributed by atoms with Gasteiger partial charge in [-0.15, -0.1) is 0 Å². The summed E-state index contributed by atoms with van der Waals surface area (Å²) in [5, 5.41) is 0. The molecule has 0 aliphatic rings. The highest BCUT2D eigenvalue weighted by atomic mass is 31.1. The fourth-order valence-corrected chi connectivity index (χ4v) is 3.04. The van der Waals surface area contributed by atoms with Crippen molar-refractivity contribution in [1.29, 1.82) is 0 Å². The van der Waals surface area contributed by atoms with Crippen LogP contribution in [0.2, 0.25) is 0 Å². The Morgan fingerprint density at radius 2 is 1.46 bits per heavy atom. The fraction of sp³-hybridized carbons (Fsp3) is 0.250. The van der Waals surface area contributed by atoms with E-state index in [0.717, 1.165) is 29.5 Å². The molecule has 0 heterocycles. The Hall–Kier alpha value is -2.25. The second-order valence-electron chi connectivity index (χ2n) is 5.60. The van der Waals surface area contributed by atoms with E-state index in [2.05, 4.69) is 0 Å². The summed E-state index contributed by atoms with van der Waals surface area (Å²) in [6.07, 6.45) is 1.78. The Kier molecular flexibility index (Phi) is 6.89. The van der Waals surface area contributed by atoms with Gasteiger partial charge in [0.05, 0.1) is 0 Å². The first-order valence-corrected chi connectivity index (χ1v) is 8.92. The van der Waals surface area contributed by atoms with Gasteiger partial charge in [-0.2, -0.15) is 0 Å². The highest BCUT2D eigenvalue weighted by Crippen LogP contribution is 2.28. The SMILES string of the molecule is CCCCN(P=O)C(=O)C(C)=C(c1ccccc1)c1ccccc1. The van der Waals surface area contributed by atoms with E-state index < -0.39 is 0 Å². The maximum absolute atomic E-state index is 12.8. The van der Waals surface area contributed by atoms with Crippen molar-refractivity contribution in [3.63, 3.8) is 0 Å². The third-order valence-electron chi connectivity index (χ3n) is 3.88. The average molecular weight is 339 g/mol. The van der Waals surface area contributed by atoms with Crippen molar-refractivity contribution in [3.8, 4) is 0 Å². The van der Waals surface area contributed by atoms with Crippen LogP contribution in [-0.2, 0) is 9.36 Å². The van der Waals surface area contributed by atoms with E-state index in [1.807, 2.05) is 74.5 Å². The van der Waals surface area contributed by atoms with E-state index in [0.29, 0.717) is 12.1 Å². The van der Waals surface area contributed by atoms with E-state index in [1.54, 1.807) is 0 Å². The van der Waals surface area contributed by atoms with Crippen LogP contribution in [0, 0.1) is 0 Å². The zero-order chi connectivity index (χ0) is 17.4. The van der Waals surface area contributed by atoms with Gasteiger partial charge in [-0.3, -0.25) is 9.46 Å². The average Bonchev–Trinajstić information content (AvgIpc) is 2.64. The molecule has 0 aromatic heterocycles. The Morgan fingerprint density at radius 3 is 1.88 bits per heavy atom. The van der Waals surface area contributed by atoms with Crippen molar-refractivity contribution in [1.82, 2.24) is 4.67 Å². The van der Waals surface area contributed by atoms with E-state index in [-0.39, 0.29) is 14.5 Å². The van der Waals surface area contributed by atoms with Crippen molar-refractivity contribution in [2.24, 2.45) is 0 Å². The Balaban J connectivity index is 2.50. The number of amides is 1. The monoisotopic (exact) mass is 339 g/mol. The predicted molar refractivity (Wildman–Crippen MR) is 98.8 cm³/mol. The molecule has 0 atom stereocenters. The molecule has 4 heteroatoms. The topological polar surface area (TPSA) is 37.4 Å². The quantitative estimate of drug-likeness (QED) is 0.504. The van der Waals surface area contributed by atoms with Crippen LogP contribution in [0.3, 0.4) is 0 Å². The number of rotatable bonds is 7. The molecular weight excluding hydrogens is 317 g/mol. The van der Waals surface area contributed by atoms with Crippen LogP contribution < -0.4 is 0 Å². The Bertz CT molecular complexity index is 669. The number of carbonyl (C=O) groups excluding carboxylic acids is 1. The number of hydrogen-bond acceptors (Lipinski definition) is 2. The number of benzene rings is 2. The first kappa shape index (κ1) is 18.1. The zero-order valence-electron chi connectivity index (χ0n) is 14.1. The molecule has 0 aliphatic heterocycles. The molecule has 1 amide bonds. The molecule has 0 unspecified atom stereocenters. The molecular formula is C20H22NO2P. The van der Waals surface area contributed by atoms with E-state index in [1.165, 1.54) is 4.67 Å². The summed E-state index contributed by atoms with van der Waals surface area (Å²) in [5.41, 5.74) is 3.44. The molecule has 0 spiro atoms. The first-order chi connectivity index (χ1) is 11.7. The summed E-state index contributed by atoms with van der Waals surface area (Å²) < 4.78 is 12.8. The van der Waals surface area contributed by atoms with Gasteiger partial charge in [0.2, 0.25) is 0 Å². The van der Waals surface area contributed by atoms with Crippen molar-refractivity contribution in [2.75, 3.05) is 6.54 Å². The molecule has 0 radical (unpaired) electrons. The molecule has 3 nitrogen and oxygen atoms in total. The van der Waals surface area contributed by atoms with Gasteiger partial charge >= 0.3 is 0 Å². The van der Waals surface area contributed by atoms with Gasteiger partial charge in [0.25, 0.3) is 14.5 Å². The largest absolute Gasteiger partial charge is 0.284 e. The van der Waals surface area contributed by atoms with Crippen molar-refractivity contribution in [3.05, 3.63) is 77.4 Å². The second-order valence-corrected chi connectivity index (χ2v) is 6.24. The number of nitrogens with zero attached hydrogens (tertiary/aromatic N) is 1. The summed E-state index contributed by atoms with van der Waals surface area (Å²) in [6.45, 7) is 4.35. The molecule has 0 fully saturated rings. The summed E-state index contributed by atoms with van der Waals surface area (Å²) in [6, 6.07) is 19.7. The molecule has 0 aliphatic carbocycles. The molecule has 0 N–H and O–H groups in total. The van der Waals surface area contributed by atoms with Crippen LogP contribution in [-0.4, -0.2) is 17.1 Å².